The van der Waals surface area contributed by atoms with Gasteiger partial charge in [-0.3, -0.25) is 4.79 Å². The number of nitrogens with one attached hydrogen (secondary N) is 1. The summed E-state index contributed by atoms with van der Waals surface area (Å²) >= 11 is 7.18. The van der Waals surface area contributed by atoms with Crippen LogP contribution in [0.25, 0.3) is 0 Å². The van der Waals surface area contributed by atoms with Crippen molar-refractivity contribution in [2.75, 3.05) is 26.2 Å². The maximum Gasteiger partial charge on any atom is 0.317 e. The summed E-state index contributed by atoms with van der Waals surface area (Å²) in [5.74, 6) is -0.00465. The predicted octanol–water partition coefficient (Wildman–Crippen LogP) is 3.06. The molecule has 1 saturated heterocycles. The van der Waals surface area contributed by atoms with Crippen molar-refractivity contribution in [2.24, 2.45) is 0 Å². The lowest BCUT2D eigenvalue weighted by atomic mass is 10.1. The SMILES string of the molecule is CC(C)(C)NC(=O)N1CCCN(C(=O)c2ccc(Cl)s2)CC1. The van der Waals surface area contributed by atoms with E-state index in [0.29, 0.717) is 35.4 Å². The zero-order valence-electron chi connectivity index (χ0n) is 13.2. The lowest BCUT2D eigenvalue weighted by Crippen LogP contribution is -2.49. The number of hydrogen-bond donors (Lipinski definition) is 1. The van der Waals surface area contributed by atoms with E-state index in [4.69, 9.17) is 11.6 Å². The van der Waals surface area contributed by atoms with Crippen LogP contribution in [0.1, 0.15) is 36.9 Å². The van der Waals surface area contributed by atoms with Crippen molar-refractivity contribution in [3.05, 3.63) is 21.3 Å². The second-order valence-corrected chi connectivity index (χ2v) is 8.13. The van der Waals surface area contributed by atoms with E-state index < -0.39 is 0 Å². The number of nitrogens with zero attached hydrogens (tertiary/aromatic N) is 2. The molecule has 2 heterocycles. The number of urea groups is 1. The molecular weight excluding hydrogens is 322 g/mol. The van der Waals surface area contributed by atoms with Crippen LogP contribution in [0.15, 0.2) is 12.1 Å². The van der Waals surface area contributed by atoms with Gasteiger partial charge in [0.1, 0.15) is 0 Å². The van der Waals surface area contributed by atoms with Crippen LogP contribution in [-0.2, 0) is 0 Å². The van der Waals surface area contributed by atoms with Crippen molar-refractivity contribution in [3.63, 3.8) is 0 Å². The third kappa shape index (κ3) is 4.61. The Morgan fingerprint density at radius 1 is 1.14 bits per heavy atom. The van der Waals surface area contributed by atoms with Gasteiger partial charge < -0.3 is 15.1 Å². The van der Waals surface area contributed by atoms with Gasteiger partial charge in [-0.05, 0) is 39.3 Å². The third-order valence-electron chi connectivity index (χ3n) is 3.34. The molecule has 1 aliphatic rings. The van der Waals surface area contributed by atoms with E-state index in [2.05, 4.69) is 5.32 Å². The summed E-state index contributed by atoms with van der Waals surface area (Å²) < 4.78 is 0.615. The van der Waals surface area contributed by atoms with Gasteiger partial charge in [0, 0.05) is 31.7 Å². The van der Waals surface area contributed by atoms with E-state index in [1.807, 2.05) is 20.8 Å². The van der Waals surface area contributed by atoms with Crippen LogP contribution in [0.5, 0.6) is 0 Å². The van der Waals surface area contributed by atoms with Gasteiger partial charge in [0.15, 0.2) is 0 Å². The minimum Gasteiger partial charge on any atom is -0.336 e. The Bertz CT molecular complexity index is 553. The zero-order chi connectivity index (χ0) is 16.3. The molecule has 0 bridgehead atoms. The van der Waals surface area contributed by atoms with E-state index in [9.17, 15) is 9.59 Å². The van der Waals surface area contributed by atoms with Crippen LogP contribution in [-0.4, -0.2) is 53.5 Å². The molecule has 0 radical (unpaired) electrons. The fraction of sp³-hybridized carbons (Fsp3) is 0.600. The summed E-state index contributed by atoms with van der Waals surface area (Å²) in [5.41, 5.74) is -0.257. The molecule has 3 amide bonds. The molecule has 1 N–H and O–H groups in total. The molecule has 1 aromatic rings. The molecule has 2 rings (SSSR count). The monoisotopic (exact) mass is 343 g/mol. The highest BCUT2D eigenvalue weighted by Crippen LogP contribution is 2.23. The predicted molar refractivity (Wildman–Crippen MR) is 89.7 cm³/mol. The van der Waals surface area contributed by atoms with Crippen LogP contribution in [0.2, 0.25) is 4.34 Å². The molecule has 0 atom stereocenters. The Kier molecular flexibility index (Phi) is 5.34. The second-order valence-electron chi connectivity index (χ2n) is 6.42. The highest BCUT2D eigenvalue weighted by Gasteiger charge is 2.25. The summed E-state index contributed by atoms with van der Waals surface area (Å²) in [6.07, 6.45) is 0.780. The number of carbonyl (C=O) groups excluding carboxylic acids is 2. The minimum absolute atomic E-state index is 0.00465. The smallest absolute Gasteiger partial charge is 0.317 e. The van der Waals surface area contributed by atoms with Crippen molar-refractivity contribution in [3.8, 4) is 0 Å². The molecule has 7 heteroatoms. The number of amides is 3. The van der Waals surface area contributed by atoms with Gasteiger partial charge in [-0.15, -0.1) is 11.3 Å². The lowest BCUT2D eigenvalue weighted by molar-refractivity contribution is 0.0767. The van der Waals surface area contributed by atoms with Crippen molar-refractivity contribution in [1.29, 1.82) is 0 Å². The van der Waals surface area contributed by atoms with Crippen LogP contribution in [0.4, 0.5) is 4.79 Å². The average Bonchev–Trinajstić information content (AvgIpc) is 2.70. The van der Waals surface area contributed by atoms with Gasteiger partial charge in [-0.1, -0.05) is 11.6 Å². The number of hydrogen-bond acceptors (Lipinski definition) is 3. The third-order valence-corrected chi connectivity index (χ3v) is 4.56. The molecular formula is C15H22ClN3O2S. The van der Waals surface area contributed by atoms with Crippen LogP contribution in [0.3, 0.4) is 0 Å². The Morgan fingerprint density at radius 3 is 2.36 bits per heavy atom. The van der Waals surface area contributed by atoms with Gasteiger partial charge in [0.2, 0.25) is 0 Å². The summed E-state index contributed by atoms with van der Waals surface area (Å²) in [6, 6.07) is 3.42. The normalized spacial score (nSPS) is 16.4. The maximum absolute atomic E-state index is 12.4. The fourth-order valence-electron chi connectivity index (χ4n) is 2.31. The number of thiophene rings is 1. The second kappa shape index (κ2) is 6.87. The fourth-order valence-corrected chi connectivity index (χ4v) is 3.32. The topological polar surface area (TPSA) is 52.7 Å². The summed E-state index contributed by atoms with van der Waals surface area (Å²) in [6.45, 7) is 8.29. The number of halogens is 1. The van der Waals surface area contributed by atoms with Crippen molar-refractivity contribution in [2.45, 2.75) is 32.7 Å². The standard InChI is InChI=1S/C15H22ClN3O2S/c1-15(2,3)17-14(21)19-8-4-7-18(9-10-19)13(20)11-5-6-12(16)22-11/h5-6H,4,7-10H2,1-3H3,(H,17,21). The Labute approximate surface area is 140 Å². The lowest BCUT2D eigenvalue weighted by Gasteiger charge is -2.27. The molecule has 1 aliphatic heterocycles. The zero-order valence-corrected chi connectivity index (χ0v) is 14.8. The maximum atomic E-state index is 12.4. The highest BCUT2D eigenvalue weighted by molar-refractivity contribution is 7.17. The summed E-state index contributed by atoms with van der Waals surface area (Å²) in [7, 11) is 0. The number of rotatable bonds is 1. The quantitative estimate of drug-likeness (QED) is 0.852. The largest absolute Gasteiger partial charge is 0.336 e. The molecule has 0 aliphatic carbocycles. The molecule has 22 heavy (non-hydrogen) atoms. The van der Waals surface area contributed by atoms with E-state index in [1.165, 1.54) is 11.3 Å². The van der Waals surface area contributed by atoms with Crippen LogP contribution >= 0.6 is 22.9 Å². The summed E-state index contributed by atoms with van der Waals surface area (Å²) in [5, 5.41) is 2.96. The summed E-state index contributed by atoms with van der Waals surface area (Å²) in [4.78, 5) is 28.9. The minimum atomic E-state index is -0.257. The van der Waals surface area contributed by atoms with Crippen LogP contribution in [0, 0.1) is 0 Å². The van der Waals surface area contributed by atoms with Crippen LogP contribution < -0.4 is 5.32 Å². The first kappa shape index (κ1) is 17.1. The van der Waals surface area contributed by atoms with E-state index >= 15 is 0 Å². The van der Waals surface area contributed by atoms with Crippen molar-refractivity contribution in [1.82, 2.24) is 15.1 Å². The van der Waals surface area contributed by atoms with E-state index in [-0.39, 0.29) is 17.5 Å². The van der Waals surface area contributed by atoms with Crippen molar-refractivity contribution >= 4 is 34.9 Å². The first-order valence-corrected chi connectivity index (χ1v) is 8.57. The highest BCUT2D eigenvalue weighted by atomic mass is 35.5. The average molecular weight is 344 g/mol. The number of carbonyl (C=O) groups is 2. The van der Waals surface area contributed by atoms with Gasteiger partial charge in [0.25, 0.3) is 5.91 Å². The molecule has 1 fully saturated rings. The first-order valence-electron chi connectivity index (χ1n) is 7.38. The molecule has 0 saturated carbocycles. The molecule has 122 valence electrons. The molecule has 0 unspecified atom stereocenters. The van der Waals surface area contributed by atoms with Gasteiger partial charge in [-0.2, -0.15) is 0 Å². The van der Waals surface area contributed by atoms with E-state index in [0.717, 1.165) is 6.42 Å². The Balaban J connectivity index is 1.95. The Morgan fingerprint density at radius 2 is 1.77 bits per heavy atom. The molecule has 0 aromatic carbocycles. The molecule has 5 nitrogen and oxygen atoms in total. The van der Waals surface area contributed by atoms with E-state index in [1.54, 1.807) is 21.9 Å². The Hall–Kier alpha value is -1.27. The van der Waals surface area contributed by atoms with Gasteiger partial charge in [-0.25, -0.2) is 4.79 Å². The molecule has 1 aromatic heterocycles. The van der Waals surface area contributed by atoms with Gasteiger partial charge >= 0.3 is 6.03 Å². The van der Waals surface area contributed by atoms with Gasteiger partial charge in [0.05, 0.1) is 9.21 Å². The van der Waals surface area contributed by atoms with Crippen molar-refractivity contribution < 1.29 is 9.59 Å². The first-order chi connectivity index (χ1) is 10.3. The molecule has 0 spiro atoms.